The van der Waals surface area contributed by atoms with Crippen LogP contribution in [0.4, 0.5) is 0 Å². The largest absolute Gasteiger partial charge is 0.454 e. The maximum Gasteiger partial charge on any atom is 0.328 e. The second-order valence-electron chi connectivity index (χ2n) is 5.57. The van der Waals surface area contributed by atoms with E-state index in [1.165, 1.54) is 0 Å². The first kappa shape index (κ1) is 20.1. The standard InChI is InChI=1S/C18H28N2O4/c1-5-20(6-2)17(15-10-8-7-9-11-15)18(22)24-13-16(21)19-14(3)12-23-4/h7-11,14,17H,5-6,12-13H2,1-4H3,(H,19,21). The van der Waals surface area contributed by atoms with Crippen molar-refractivity contribution >= 4 is 11.9 Å². The number of nitrogens with zero attached hydrogens (tertiary/aromatic N) is 1. The molecule has 6 heteroatoms. The number of hydrogen-bond acceptors (Lipinski definition) is 5. The summed E-state index contributed by atoms with van der Waals surface area (Å²) >= 11 is 0. The number of esters is 1. The molecule has 0 aliphatic carbocycles. The van der Waals surface area contributed by atoms with Crippen LogP contribution in [0, 0.1) is 0 Å². The van der Waals surface area contributed by atoms with Gasteiger partial charge in [-0.1, -0.05) is 44.2 Å². The first-order chi connectivity index (χ1) is 11.5. The fourth-order valence-electron chi connectivity index (χ4n) is 2.54. The monoisotopic (exact) mass is 336 g/mol. The molecule has 0 bridgehead atoms. The fourth-order valence-corrected chi connectivity index (χ4v) is 2.54. The van der Waals surface area contributed by atoms with Gasteiger partial charge in [-0.15, -0.1) is 0 Å². The zero-order valence-corrected chi connectivity index (χ0v) is 15.0. The van der Waals surface area contributed by atoms with E-state index in [1.807, 2.05) is 56.0 Å². The Morgan fingerprint density at radius 1 is 1.17 bits per heavy atom. The number of amides is 1. The highest BCUT2D eigenvalue weighted by Gasteiger charge is 2.27. The minimum absolute atomic E-state index is 0.131. The predicted octanol–water partition coefficient (Wildman–Crippen LogP) is 1.76. The van der Waals surface area contributed by atoms with E-state index in [2.05, 4.69) is 5.32 Å². The lowest BCUT2D eigenvalue weighted by Crippen LogP contribution is -2.40. The molecule has 1 aromatic rings. The minimum atomic E-state index is -0.509. The van der Waals surface area contributed by atoms with Crippen LogP contribution in [-0.2, 0) is 19.1 Å². The summed E-state index contributed by atoms with van der Waals surface area (Å²) in [5.41, 5.74) is 0.861. The Kier molecular flexibility index (Phi) is 9.04. The van der Waals surface area contributed by atoms with Crippen LogP contribution in [0.15, 0.2) is 30.3 Å². The molecule has 0 saturated carbocycles. The first-order valence-corrected chi connectivity index (χ1v) is 8.27. The molecule has 0 aliphatic heterocycles. The van der Waals surface area contributed by atoms with Gasteiger partial charge in [0.05, 0.1) is 6.61 Å². The molecule has 1 rings (SSSR count). The molecule has 0 aromatic heterocycles. The summed E-state index contributed by atoms with van der Waals surface area (Å²) in [6.45, 7) is 7.34. The molecular formula is C18H28N2O4. The number of benzene rings is 1. The molecule has 1 aromatic carbocycles. The molecule has 1 amide bonds. The van der Waals surface area contributed by atoms with Crippen LogP contribution in [0.25, 0.3) is 0 Å². The summed E-state index contributed by atoms with van der Waals surface area (Å²) in [5, 5.41) is 2.72. The predicted molar refractivity (Wildman–Crippen MR) is 92.5 cm³/mol. The van der Waals surface area contributed by atoms with Crippen molar-refractivity contribution in [3.63, 3.8) is 0 Å². The SMILES string of the molecule is CCN(CC)C(C(=O)OCC(=O)NC(C)COC)c1ccccc1. The summed E-state index contributed by atoms with van der Waals surface area (Å²) < 4.78 is 10.2. The van der Waals surface area contributed by atoms with Crippen molar-refractivity contribution in [1.82, 2.24) is 10.2 Å². The highest BCUT2D eigenvalue weighted by atomic mass is 16.5. The number of likely N-dealkylation sites (N-methyl/N-ethyl adjacent to an activating group) is 1. The zero-order valence-electron chi connectivity index (χ0n) is 15.0. The van der Waals surface area contributed by atoms with E-state index >= 15 is 0 Å². The minimum Gasteiger partial charge on any atom is -0.454 e. The van der Waals surface area contributed by atoms with Crippen LogP contribution in [0.5, 0.6) is 0 Å². The third-order valence-electron chi connectivity index (χ3n) is 3.69. The molecule has 0 spiro atoms. The lowest BCUT2D eigenvalue weighted by Gasteiger charge is -2.28. The molecule has 24 heavy (non-hydrogen) atoms. The lowest BCUT2D eigenvalue weighted by atomic mass is 10.1. The van der Waals surface area contributed by atoms with Gasteiger partial charge >= 0.3 is 5.97 Å². The van der Waals surface area contributed by atoms with E-state index < -0.39 is 12.0 Å². The van der Waals surface area contributed by atoms with Gasteiger partial charge in [-0.05, 0) is 25.6 Å². The smallest absolute Gasteiger partial charge is 0.328 e. The first-order valence-electron chi connectivity index (χ1n) is 8.27. The Bertz CT molecular complexity index is 503. The van der Waals surface area contributed by atoms with Crippen molar-refractivity contribution in [2.24, 2.45) is 0 Å². The summed E-state index contributed by atoms with van der Waals surface area (Å²) in [6.07, 6.45) is 0. The molecule has 1 N–H and O–H groups in total. The quantitative estimate of drug-likeness (QED) is 0.660. The summed E-state index contributed by atoms with van der Waals surface area (Å²) in [5.74, 6) is -0.751. The van der Waals surface area contributed by atoms with Gasteiger partial charge in [0.25, 0.3) is 5.91 Å². The van der Waals surface area contributed by atoms with E-state index in [0.717, 1.165) is 5.56 Å². The normalized spacial score (nSPS) is 13.4. The second kappa shape index (κ2) is 10.8. The zero-order chi connectivity index (χ0) is 17.9. The summed E-state index contributed by atoms with van der Waals surface area (Å²) in [7, 11) is 1.57. The van der Waals surface area contributed by atoms with E-state index in [1.54, 1.807) is 7.11 Å². The molecular weight excluding hydrogens is 308 g/mol. The third kappa shape index (κ3) is 6.29. The maximum absolute atomic E-state index is 12.6. The topological polar surface area (TPSA) is 67.9 Å². The van der Waals surface area contributed by atoms with Gasteiger partial charge in [-0.2, -0.15) is 0 Å². The second-order valence-corrected chi connectivity index (χ2v) is 5.57. The lowest BCUT2D eigenvalue weighted by molar-refractivity contribution is -0.154. The molecule has 2 unspecified atom stereocenters. The third-order valence-corrected chi connectivity index (χ3v) is 3.69. The van der Waals surface area contributed by atoms with Gasteiger partial charge in [0, 0.05) is 13.2 Å². The van der Waals surface area contributed by atoms with Gasteiger partial charge in [-0.3, -0.25) is 9.69 Å². The van der Waals surface area contributed by atoms with Gasteiger partial charge in [-0.25, -0.2) is 4.79 Å². The highest BCUT2D eigenvalue weighted by molar-refractivity contribution is 5.83. The number of methoxy groups -OCH3 is 1. The molecule has 0 fully saturated rings. The number of carbonyl (C=O) groups excluding carboxylic acids is 2. The molecule has 0 radical (unpaired) electrons. The van der Waals surface area contributed by atoms with Crippen LogP contribution in [0.2, 0.25) is 0 Å². The van der Waals surface area contributed by atoms with Crippen LogP contribution in [-0.4, -0.2) is 56.2 Å². The van der Waals surface area contributed by atoms with E-state index in [4.69, 9.17) is 9.47 Å². The molecule has 6 nitrogen and oxygen atoms in total. The van der Waals surface area contributed by atoms with E-state index in [0.29, 0.717) is 19.7 Å². The number of hydrogen-bond donors (Lipinski definition) is 1. The Morgan fingerprint density at radius 2 is 1.79 bits per heavy atom. The molecule has 134 valence electrons. The molecule has 0 heterocycles. The van der Waals surface area contributed by atoms with Crippen molar-refractivity contribution in [3.05, 3.63) is 35.9 Å². The van der Waals surface area contributed by atoms with Crippen molar-refractivity contribution in [2.45, 2.75) is 32.9 Å². The van der Waals surface area contributed by atoms with Gasteiger partial charge in [0.1, 0.15) is 6.04 Å². The van der Waals surface area contributed by atoms with E-state index in [-0.39, 0.29) is 18.6 Å². The van der Waals surface area contributed by atoms with Crippen molar-refractivity contribution in [2.75, 3.05) is 33.4 Å². The van der Waals surface area contributed by atoms with Gasteiger partial charge in [0.15, 0.2) is 6.61 Å². The molecule has 2 atom stereocenters. The fraction of sp³-hybridized carbons (Fsp3) is 0.556. The Morgan fingerprint density at radius 3 is 2.33 bits per heavy atom. The Labute approximate surface area is 144 Å². The van der Waals surface area contributed by atoms with Gasteiger partial charge in [0.2, 0.25) is 0 Å². The van der Waals surface area contributed by atoms with Crippen molar-refractivity contribution in [1.29, 1.82) is 0 Å². The molecule has 0 aliphatic rings. The van der Waals surface area contributed by atoms with E-state index in [9.17, 15) is 9.59 Å². The number of ether oxygens (including phenoxy) is 2. The highest BCUT2D eigenvalue weighted by Crippen LogP contribution is 2.21. The average molecular weight is 336 g/mol. The average Bonchev–Trinajstić information content (AvgIpc) is 2.58. The molecule has 0 saturated heterocycles. The van der Waals surface area contributed by atoms with Crippen LogP contribution < -0.4 is 5.32 Å². The summed E-state index contributed by atoms with van der Waals surface area (Å²) in [4.78, 5) is 26.4. The maximum atomic E-state index is 12.6. The van der Waals surface area contributed by atoms with Crippen LogP contribution in [0.3, 0.4) is 0 Å². The number of nitrogens with one attached hydrogen (secondary N) is 1. The van der Waals surface area contributed by atoms with Crippen molar-refractivity contribution < 1.29 is 19.1 Å². The van der Waals surface area contributed by atoms with Crippen LogP contribution in [0.1, 0.15) is 32.4 Å². The number of rotatable bonds is 10. The summed E-state index contributed by atoms with van der Waals surface area (Å²) in [6, 6.07) is 8.82. The Balaban J connectivity index is 2.70. The van der Waals surface area contributed by atoms with Crippen molar-refractivity contribution in [3.8, 4) is 0 Å². The van der Waals surface area contributed by atoms with Gasteiger partial charge < -0.3 is 14.8 Å². The number of carbonyl (C=O) groups is 2. The van der Waals surface area contributed by atoms with Crippen LogP contribution >= 0.6 is 0 Å². The Hall–Kier alpha value is -1.92.